The zero-order valence-electron chi connectivity index (χ0n) is 10.1. The van der Waals surface area contributed by atoms with E-state index in [0.29, 0.717) is 11.7 Å². The van der Waals surface area contributed by atoms with E-state index >= 15 is 0 Å². The van der Waals surface area contributed by atoms with Crippen molar-refractivity contribution in [3.05, 3.63) is 23.5 Å². The first-order valence-corrected chi connectivity index (χ1v) is 6.03. The van der Waals surface area contributed by atoms with E-state index in [1.165, 1.54) is 0 Å². The summed E-state index contributed by atoms with van der Waals surface area (Å²) in [6.45, 7) is 5.50. The van der Waals surface area contributed by atoms with Gasteiger partial charge in [0.25, 0.3) is 0 Å². The highest BCUT2D eigenvalue weighted by Gasteiger charge is 2.33. The van der Waals surface area contributed by atoms with Gasteiger partial charge in [-0.05, 0) is 26.0 Å². The van der Waals surface area contributed by atoms with Crippen LogP contribution in [0.1, 0.15) is 13.8 Å². The number of hydrogen-bond donors (Lipinski definition) is 1. The maximum Gasteiger partial charge on any atom is 0.131 e. The Morgan fingerprint density at radius 1 is 1.65 bits per heavy atom. The lowest BCUT2D eigenvalue weighted by Gasteiger charge is -2.43. The number of aromatic nitrogens is 1. The van der Waals surface area contributed by atoms with Gasteiger partial charge in [-0.25, -0.2) is 4.98 Å². The van der Waals surface area contributed by atoms with Crippen molar-refractivity contribution in [1.82, 2.24) is 4.98 Å². The van der Waals surface area contributed by atoms with E-state index in [0.717, 1.165) is 12.2 Å². The Morgan fingerprint density at radius 3 is 3.06 bits per heavy atom. The molecule has 1 N–H and O–H groups in total. The van der Waals surface area contributed by atoms with E-state index in [1.807, 2.05) is 26.0 Å². The standard InChI is InChI=1S/C12H17ClN2O2/c1-12(2)8-15(6-10(7-16)17-12)9-3-4-14-11(13)5-9/h3-5,10,16H,6-8H2,1-2H3. The number of rotatable bonds is 2. The van der Waals surface area contributed by atoms with Gasteiger partial charge in [0.15, 0.2) is 0 Å². The lowest BCUT2D eigenvalue weighted by Crippen LogP contribution is -2.54. The quantitative estimate of drug-likeness (QED) is 0.819. The normalized spacial score (nSPS) is 23.8. The summed E-state index contributed by atoms with van der Waals surface area (Å²) in [6.07, 6.45) is 1.53. The number of ether oxygens (including phenoxy) is 1. The number of halogens is 1. The van der Waals surface area contributed by atoms with Crippen LogP contribution in [0.25, 0.3) is 0 Å². The molecule has 0 aromatic carbocycles. The molecule has 0 saturated carbocycles. The molecule has 2 heterocycles. The number of aliphatic hydroxyl groups is 1. The van der Waals surface area contributed by atoms with E-state index in [2.05, 4.69) is 9.88 Å². The van der Waals surface area contributed by atoms with Gasteiger partial charge >= 0.3 is 0 Å². The van der Waals surface area contributed by atoms with E-state index in [1.54, 1.807) is 6.20 Å². The highest BCUT2D eigenvalue weighted by atomic mass is 35.5. The second kappa shape index (κ2) is 4.80. The SMILES string of the molecule is CC1(C)CN(c2ccnc(Cl)c2)CC(CO)O1. The summed E-state index contributed by atoms with van der Waals surface area (Å²) in [5.41, 5.74) is 0.737. The molecule has 0 aliphatic carbocycles. The van der Waals surface area contributed by atoms with Gasteiger partial charge in [0.05, 0.1) is 18.3 Å². The van der Waals surface area contributed by atoms with Crippen LogP contribution < -0.4 is 4.90 Å². The van der Waals surface area contributed by atoms with Crippen molar-refractivity contribution in [1.29, 1.82) is 0 Å². The Morgan fingerprint density at radius 2 is 2.41 bits per heavy atom. The molecule has 1 aliphatic heterocycles. The Labute approximate surface area is 106 Å². The summed E-state index contributed by atoms with van der Waals surface area (Å²) in [4.78, 5) is 6.13. The Bertz CT molecular complexity index is 398. The summed E-state index contributed by atoms with van der Waals surface area (Å²) in [7, 11) is 0. The van der Waals surface area contributed by atoms with Crippen LogP contribution in [0.3, 0.4) is 0 Å². The van der Waals surface area contributed by atoms with E-state index in [4.69, 9.17) is 16.3 Å². The maximum atomic E-state index is 9.25. The minimum Gasteiger partial charge on any atom is -0.394 e. The number of anilines is 1. The smallest absolute Gasteiger partial charge is 0.131 e. The van der Waals surface area contributed by atoms with E-state index < -0.39 is 0 Å². The molecule has 94 valence electrons. The maximum absolute atomic E-state index is 9.25. The molecule has 5 heteroatoms. The minimum absolute atomic E-state index is 0.0265. The molecule has 1 unspecified atom stereocenters. The lowest BCUT2D eigenvalue weighted by atomic mass is 10.0. The molecular weight excluding hydrogens is 240 g/mol. The van der Waals surface area contributed by atoms with Crippen molar-refractivity contribution in [2.45, 2.75) is 25.6 Å². The summed E-state index contributed by atoms with van der Waals surface area (Å²) in [5, 5.41) is 9.73. The van der Waals surface area contributed by atoms with Crippen molar-refractivity contribution in [2.75, 3.05) is 24.6 Å². The molecule has 1 aromatic rings. The highest BCUT2D eigenvalue weighted by Crippen LogP contribution is 2.26. The summed E-state index contributed by atoms with van der Waals surface area (Å²) >= 11 is 5.89. The average molecular weight is 257 g/mol. The third kappa shape index (κ3) is 3.09. The Kier molecular flexibility index (Phi) is 3.56. The molecule has 1 aromatic heterocycles. The van der Waals surface area contributed by atoms with Gasteiger partial charge in [-0.1, -0.05) is 11.6 Å². The predicted octanol–water partition coefficient (Wildman–Crippen LogP) is 1.71. The second-order valence-corrected chi connectivity index (χ2v) is 5.29. The largest absolute Gasteiger partial charge is 0.394 e. The molecule has 0 spiro atoms. The van der Waals surface area contributed by atoms with Crippen LogP contribution >= 0.6 is 11.6 Å². The first-order valence-electron chi connectivity index (χ1n) is 5.65. The third-order valence-electron chi connectivity index (χ3n) is 2.76. The van der Waals surface area contributed by atoms with Crippen molar-refractivity contribution >= 4 is 17.3 Å². The van der Waals surface area contributed by atoms with Crippen LogP contribution in [0.5, 0.6) is 0 Å². The van der Waals surface area contributed by atoms with Gasteiger partial charge in [0.1, 0.15) is 5.15 Å². The molecule has 1 aliphatic rings. The molecule has 0 bridgehead atoms. The Hall–Kier alpha value is -0.840. The van der Waals surface area contributed by atoms with Crippen LogP contribution in [0.15, 0.2) is 18.3 Å². The fourth-order valence-corrected chi connectivity index (χ4v) is 2.34. The third-order valence-corrected chi connectivity index (χ3v) is 2.97. The molecular formula is C12H17ClN2O2. The highest BCUT2D eigenvalue weighted by molar-refractivity contribution is 6.29. The second-order valence-electron chi connectivity index (χ2n) is 4.90. The zero-order valence-corrected chi connectivity index (χ0v) is 10.8. The van der Waals surface area contributed by atoms with Gasteiger partial charge in [0.2, 0.25) is 0 Å². The lowest BCUT2D eigenvalue weighted by molar-refractivity contribution is -0.101. The molecule has 0 amide bonds. The van der Waals surface area contributed by atoms with Crippen molar-refractivity contribution < 1.29 is 9.84 Å². The topological polar surface area (TPSA) is 45.6 Å². The average Bonchev–Trinajstić information content (AvgIpc) is 2.27. The van der Waals surface area contributed by atoms with Gasteiger partial charge < -0.3 is 14.7 Å². The number of aliphatic hydroxyl groups excluding tert-OH is 1. The summed E-state index contributed by atoms with van der Waals surface area (Å²) in [5.74, 6) is 0. The Balaban J connectivity index is 2.20. The van der Waals surface area contributed by atoms with E-state index in [-0.39, 0.29) is 18.3 Å². The first kappa shape index (κ1) is 12.6. The molecule has 1 fully saturated rings. The number of hydrogen-bond acceptors (Lipinski definition) is 4. The zero-order chi connectivity index (χ0) is 12.5. The fourth-order valence-electron chi connectivity index (χ4n) is 2.18. The van der Waals surface area contributed by atoms with Crippen LogP contribution in [-0.4, -0.2) is 41.5 Å². The molecule has 4 nitrogen and oxygen atoms in total. The number of nitrogens with zero attached hydrogens (tertiary/aromatic N) is 2. The van der Waals surface area contributed by atoms with Crippen LogP contribution in [0.2, 0.25) is 5.15 Å². The van der Waals surface area contributed by atoms with Crippen molar-refractivity contribution in [2.24, 2.45) is 0 Å². The first-order chi connectivity index (χ1) is 8.00. The van der Waals surface area contributed by atoms with Gasteiger partial charge in [0, 0.05) is 25.0 Å². The summed E-state index contributed by atoms with van der Waals surface area (Å²) in [6, 6.07) is 3.75. The summed E-state index contributed by atoms with van der Waals surface area (Å²) < 4.78 is 5.76. The van der Waals surface area contributed by atoms with Crippen LogP contribution in [-0.2, 0) is 4.74 Å². The monoisotopic (exact) mass is 256 g/mol. The fraction of sp³-hybridized carbons (Fsp3) is 0.583. The van der Waals surface area contributed by atoms with Crippen LogP contribution in [0, 0.1) is 0 Å². The van der Waals surface area contributed by atoms with Crippen molar-refractivity contribution in [3.8, 4) is 0 Å². The van der Waals surface area contributed by atoms with Gasteiger partial charge in [-0.15, -0.1) is 0 Å². The van der Waals surface area contributed by atoms with Crippen LogP contribution in [0.4, 0.5) is 5.69 Å². The molecule has 1 atom stereocenters. The van der Waals surface area contributed by atoms with Gasteiger partial charge in [-0.2, -0.15) is 0 Å². The molecule has 2 rings (SSSR count). The van der Waals surface area contributed by atoms with Gasteiger partial charge in [-0.3, -0.25) is 0 Å². The number of morpholine rings is 1. The van der Waals surface area contributed by atoms with E-state index in [9.17, 15) is 5.11 Å². The molecule has 1 saturated heterocycles. The number of pyridine rings is 1. The minimum atomic E-state index is -0.276. The molecule has 0 radical (unpaired) electrons. The predicted molar refractivity (Wildman–Crippen MR) is 67.5 cm³/mol. The van der Waals surface area contributed by atoms with Crippen molar-refractivity contribution in [3.63, 3.8) is 0 Å². The molecule has 17 heavy (non-hydrogen) atoms.